The van der Waals surface area contributed by atoms with Crippen LogP contribution in [0.25, 0.3) is 0 Å². The van der Waals surface area contributed by atoms with Crippen LogP contribution in [0.3, 0.4) is 0 Å². The van der Waals surface area contributed by atoms with Gasteiger partial charge in [-0.25, -0.2) is 0 Å². The van der Waals surface area contributed by atoms with Crippen molar-refractivity contribution in [1.82, 2.24) is 4.90 Å². The summed E-state index contributed by atoms with van der Waals surface area (Å²) in [4.78, 5) is 16.6. The molecule has 1 atom stereocenters. The average molecular weight is 316 g/mol. The van der Waals surface area contributed by atoms with Gasteiger partial charge in [-0.15, -0.1) is 0 Å². The standard InChI is InChI=1S/C18H24N2O3/c21-17-11-23-18(13-20(17)16-4-2-1-3-5-16)12-19(8-9-22-14-18)10-15-6-7-15/h1-5,15H,6-14H2/t18-/m0/s1. The van der Waals surface area contributed by atoms with Gasteiger partial charge in [-0.2, -0.15) is 0 Å². The van der Waals surface area contributed by atoms with E-state index in [1.807, 2.05) is 35.2 Å². The minimum atomic E-state index is -0.408. The van der Waals surface area contributed by atoms with E-state index < -0.39 is 5.60 Å². The highest BCUT2D eigenvalue weighted by atomic mass is 16.6. The molecule has 1 amide bonds. The highest BCUT2D eigenvalue weighted by molar-refractivity contribution is 5.95. The van der Waals surface area contributed by atoms with E-state index in [1.165, 1.54) is 12.8 Å². The van der Waals surface area contributed by atoms with Gasteiger partial charge >= 0.3 is 0 Å². The zero-order chi connectivity index (χ0) is 15.7. The number of amides is 1. The molecule has 4 rings (SSSR count). The van der Waals surface area contributed by atoms with E-state index >= 15 is 0 Å². The fourth-order valence-electron chi connectivity index (χ4n) is 3.55. The topological polar surface area (TPSA) is 42.0 Å². The molecule has 3 aliphatic rings. The van der Waals surface area contributed by atoms with Crippen LogP contribution in [0.5, 0.6) is 0 Å². The second-order valence-electron chi connectivity index (χ2n) is 7.02. The van der Waals surface area contributed by atoms with E-state index in [4.69, 9.17) is 9.47 Å². The summed E-state index contributed by atoms with van der Waals surface area (Å²) in [5, 5.41) is 0. The van der Waals surface area contributed by atoms with Crippen molar-refractivity contribution in [2.75, 3.05) is 50.9 Å². The van der Waals surface area contributed by atoms with Crippen LogP contribution in [-0.2, 0) is 14.3 Å². The lowest BCUT2D eigenvalue weighted by Gasteiger charge is -2.43. The molecule has 2 heterocycles. The van der Waals surface area contributed by atoms with Crippen molar-refractivity contribution in [3.8, 4) is 0 Å². The van der Waals surface area contributed by atoms with Gasteiger partial charge in [0.15, 0.2) is 0 Å². The van der Waals surface area contributed by atoms with Crippen LogP contribution in [0.15, 0.2) is 30.3 Å². The SMILES string of the molecule is O=C1CO[C@]2(COCCN(CC3CC3)C2)CN1c1ccccc1. The van der Waals surface area contributed by atoms with Gasteiger partial charge in [0.05, 0.1) is 19.8 Å². The summed E-state index contributed by atoms with van der Waals surface area (Å²) in [5.41, 5.74) is 0.535. The molecule has 0 N–H and O–H groups in total. The van der Waals surface area contributed by atoms with Crippen molar-refractivity contribution in [2.45, 2.75) is 18.4 Å². The molecular weight excluding hydrogens is 292 g/mol. The van der Waals surface area contributed by atoms with Crippen molar-refractivity contribution >= 4 is 11.6 Å². The predicted molar refractivity (Wildman–Crippen MR) is 87.5 cm³/mol. The number of benzene rings is 1. The first kappa shape index (κ1) is 15.1. The van der Waals surface area contributed by atoms with Gasteiger partial charge in [0.1, 0.15) is 12.2 Å². The molecule has 23 heavy (non-hydrogen) atoms. The van der Waals surface area contributed by atoms with E-state index in [9.17, 15) is 4.79 Å². The molecule has 0 radical (unpaired) electrons. The first-order valence-corrected chi connectivity index (χ1v) is 8.54. The Kier molecular flexibility index (Phi) is 4.09. The summed E-state index contributed by atoms with van der Waals surface area (Å²) < 4.78 is 11.9. The molecule has 0 bridgehead atoms. The zero-order valence-corrected chi connectivity index (χ0v) is 13.4. The third-order valence-electron chi connectivity index (χ3n) is 4.96. The molecule has 1 aromatic rings. The summed E-state index contributed by atoms with van der Waals surface area (Å²) in [6.07, 6.45) is 2.69. The Balaban J connectivity index is 1.52. The van der Waals surface area contributed by atoms with Crippen molar-refractivity contribution in [3.63, 3.8) is 0 Å². The molecule has 5 heteroatoms. The van der Waals surface area contributed by atoms with Crippen molar-refractivity contribution < 1.29 is 14.3 Å². The maximum absolute atomic E-state index is 12.3. The normalized spacial score (nSPS) is 29.7. The van der Waals surface area contributed by atoms with E-state index in [0.717, 1.165) is 37.8 Å². The van der Waals surface area contributed by atoms with Crippen LogP contribution in [0.4, 0.5) is 5.69 Å². The third kappa shape index (κ3) is 3.42. The van der Waals surface area contributed by atoms with E-state index in [-0.39, 0.29) is 12.5 Å². The molecule has 3 fully saturated rings. The molecule has 2 aliphatic heterocycles. The largest absolute Gasteiger partial charge is 0.377 e. The van der Waals surface area contributed by atoms with Gasteiger partial charge in [0, 0.05) is 25.3 Å². The van der Waals surface area contributed by atoms with Crippen LogP contribution in [0.1, 0.15) is 12.8 Å². The van der Waals surface area contributed by atoms with E-state index in [0.29, 0.717) is 13.2 Å². The van der Waals surface area contributed by atoms with Crippen LogP contribution in [0.2, 0.25) is 0 Å². The molecule has 1 aliphatic carbocycles. The number of rotatable bonds is 3. The number of morpholine rings is 1. The quantitative estimate of drug-likeness (QED) is 0.848. The minimum Gasteiger partial charge on any atom is -0.377 e. The molecule has 5 nitrogen and oxygen atoms in total. The summed E-state index contributed by atoms with van der Waals surface area (Å²) in [6.45, 7) is 4.95. The third-order valence-corrected chi connectivity index (χ3v) is 4.96. The number of hydrogen-bond acceptors (Lipinski definition) is 4. The average Bonchev–Trinajstić information content (AvgIpc) is 3.40. The van der Waals surface area contributed by atoms with Gasteiger partial charge < -0.3 is 14.4 Å². The van der Waals surface area contributed by atoms with Gasteiger partial charge in [-0.05, 0) is 30.9 Å². The summed E-state index contributed by atoms with van der Waals surface area (Å²) in [7, 11) is 0. The number of hydrogen-bond donors (Lipinski definition) is 0. The highest BCUT2D eigenvalue weighted by Crippen LogP contribution is 2.32. The second kappa shape index (κ2) is 6.23. The van der Waals surface area contributed by atoms with Crippen molar-refractivity contribution in [3.05, 3.63) is 30.3 Å². The Bertz CT molecular complexity index is 561. The Morgan fingerprint density at radius 3 is 2.78 bits per heavy atom. The second-order valence-corrected chi connectivity index (χ2v) is 7.02. The number of carbonyl (C=O) groups excluding carboxylic acids is 1. The number of ether oxygens (including phenoxy) is 2. The Labute approximate surface area is 137 Å². The lowest BCUT2D eigenvalue weighted by atomic mass is 10.0. The summed E-state index contributed by atoms with van der Waals surface area (Å²) >= 11 is 0. The van der Waals surface area contributed by atoms with Gasteiger partial charge in [0.2, 0.25) is 0 Å². The number of nitrogens with zero attached hydrogens (tertiary/aromatic N) is 2. The molecule has 0 unspecified atom stereocenters. The fourth-order valence-corrected chi connectivity index (χ4v) is 3.55. The van der Waals surface area contributed by atoms with Gasteiger partial charge in [-0.1, -0.05) is 18.2 Å². The Morgan fingerprint density at radius 1 is 1.17 bits per heavy atom. The van der Waals surface area contributed by atoms with Crippen molar-refractivity contribution in [1.29, 1.82) is 0 Å². The highest BCUT2D eigenvalue weighted by Gasteiger charge is 2.43. The molecule has 1 aromatic carbocycles. The van der Waals surface area contributed by atoms with E-state index in [2.05, 4.69) is 4.90 Å². The maximum atomic E-state index is 12.3. The molecule has 0 aromatic heterocycles. The first-order valence-electron chi connectivity index (χ1n) is 8.54. The van der Waals surface area contributed by atoms with Gasteiger partial charge in [-0.3, -0.25) is 9.69 Å². The number of carbonyl (C=O) groups is 1. The van der Waals surface area contributed by atoms with Crippen LogP contribution in [0, 0.1) is 5.92 Å². The molecule has 1 spiro atoms. The summed E-state index contributed by atoms with van der Waals surface area (Å²) in [6, 6.07) is 9.87. The first-order chi connectivity index (χ1) is 11.2. The monoisotopic (exact) mass is 316 g/mol. The van der Waals surface area contributed by atoms with Crippen molar-refractivity contribution in [2.24, 2.45) is 5.92 Å². The Morgan fingerprint density at radius 2 is 2.00 bits per heavy atom. The lowest BCUT2D eigenvalue weighted by Crippen LogP contribution is -2.61. The van der Waals surface area contributed by atoms with E-state index in [1.54, 1.807) is 0 Å². The smallest absolute Gasteiger partial charge is 0.253 e. The predicted octanol–water partition coefficient (Wildman–Crippen LogP) is 1.53. The summed E-state index contributed by atoms with van der Waals surface area (Å²) in [5.74, 6) is 0.875. The fraction of sp³-hybridized carbons (Fsp3) is 0.611. The Hall–Kier alpha value is -1.43. The zero-order valence-electron chi connectivity index (χ0n) is 13.4. The maximum Gasteiger partial charge on any atom is 0.253 e. The molecule has 2 saturated heterocycles. The molecule has 1 saturated carbocycles. The van der Waals surface area contributed by atoms with Crippen LogP contribution >= 0.6 is 0 Å². The van der Waals surface area contributed by atoms with Crippen LogP contribution < -0.4 is 4.90 Å². The molecular formula is C18H24N2O3. The lowest BCUT2D eigenvalue weighted by molar-refractivity contribution is -0.146. The van der Waals surface area contributed by atoms with Gasteiger partial charge in [0.25, 0.3) is 5.91 Å². The van der Waals surface area contributed by atoms with Crippen LogP contribution in [-0.4, -0.2) is 62.4 Å². The minimum absolute atomic E-state index is 0.0276. The number of anilines is 1. The number of para-hydroxylation sites is 1. The molecule has 124 valence electrons.